The lowest BCUT2D eigenvalue weighted by Gasteiger charge is -2.46. The van der Waals surface area contributed by atoms with Gasteiger partial charge in [0, 0.05) is 43.3 Å². The van der Waals surface area contributed by atoms with E-state index in [0.717, 1.165) is 49.2 Å². The number of likely N-dealkylation sites (N-methyl/N-ethyl adjacent to an activating group) is 1. The summed E-state index contributed by atoms with van der Waals surface area (Å²) < 4.78 is 2.19. The average molecular weight is 475 g/mol. The van der Waals surface area contributed by atoms with Crippen molar-refractivity contribution in [2.24, 2.45) is 0 Å². The van der Waals surface area contributed by atoms with E-state index >= 15 is 0 Å². The fourth-order valence-electron chi connectivity index (χ4n) is 5.94. The predicted octanol–water partition coefficient (Wildman–Crippen LogP) is 3.50. The van der Waals surface area contributed by atoms with E-state index in [1.54, 1.807) is 6.20 Å². The lowest BCUT2D eigenvalue weighted by molar-refractivity contribution is 0.0833. The Morgan fingerprint density at radius 1 is 1.06 bits per heavy atom. The highest BCUT2D eigenvalue weighted by molar-refractivity contribution is 5.99. The van der Waals surface area contributed by atoms with E-state index < -0.39 is 0 Å². The van der Waals surface area contributed by atoms with Gasteiger partial charge in [-0.1, -0.05) is 19.3 Å². The third kappa shape index (κ3) is 3.82. The molecule has 2 N–H and O–H groups in total. The molecule has 9 nitrogen and oxygen atoms in total. The van der Waals surface area contributed by atoms with Gasteiger partial charge in [-0.05, 0) is 51.9 Å². The van der Waals surface area contributed by atoms with Crippen LogP contribution in [0.4, 0.5) is 17.5 Å². The summed E-state index contributed by atoms with van der Waals surface area (Å²) in [7, 11) is 2.18. The Bertz CT molecular complexity index is 1260. The Morgan fingerprint density at radius 3 is 2.63 bits per heavy atom. The minimum Gasteiger partial charge on any atom is -0.367 e. The fourth-order valence-corrected chi connectivity index (χ4v) is 5.94. The summed E-state index contributed by atoms with van der Waals surface area (Å²) in [4.78, 5) is 31.5. The molecule has 0 bridgehead atoms. The van der Waals surface area contributed by atoms with Crippen LogP contribution in [0.5, 0.6) is 0 Å². The van der Waals surface area contributed by atoms with Crippen molar-refractivity contribution in [3.8, 4) is 0 Å². The van der Waals surface area contributed by atoms with Crippen molar-refractivity contribution >= 4 is 34.4 Å². The lowest BCUT2D eigenvalue weighted by atomic mass is 9.80. The molecule has 0 aromatic carbocycles. The van der Waals surface area contributed by atoms with Crippen LogP contribution in [0.2, 0.25) is 0 Å². The number of fused-ring (bicyclic) bond motifs is 4. The van der Waals surface area contributed by atoms with Gasteiger partial charge in [-0.25, -0.2) is 9.97 Å². The number of nitrogens with one attached hydrogen (secondary N) is 2. The summed E-state index contributed by atoms with van der Waals surface area (Å²) in [5.74, 6) is 1.17. The largest absolute Gasteiger partial charge is 0.367 e. The zero-order valence-electron chi connectivity index (χ0n) is 20.8. The molecular weight excluding hydrogens is 440 g/mol. The van der Waals surface area contributed by atoms with Crippen molar-refractivity contribution in [2.45, 2.75) is 57.0 Å². The topological polar surface area (TPSA) is 91.2 Å². The molecule has 1 amide bonds. The normalized spacial score (nSPS) is 21.7. The van der Waals surface area contributed by atoms with Crippen LogP contribution in [0.1, 0.15) is 56.4 Å². The minimum atomic E-state index is -0.0922. The molecule has 35 heavy (non-hydrogen) atoms. The Kier molecular flexibility index (Phi) is 5.21. The number of hydrogen-bond donors (Lipinski definition) is 2. The first kappa shape index (κ1) is 22.3. The molecule has 6 rings (SSSR count). The summed E-state index contributed by atoms with van der Waals surface area (Å²) in [6.45, 7) is 8.20. The number of anilines is 3. The van der Waals surface area contributed by atoms with Crippen LogP contribution in [0.3, 0.4) is 0 Å². The van der Waals surface area contributed by atoms with Gasteiger partial charge >= 0.3 is 0 Å². The van der Waals surface area contributed by atoms with E-state index in [9.17, 15) is 4.79 Å². The van der Waals surface area contributed by atoms with E-state index in [1.807, 2.05) is 18.3 Å². The average Bonchev–Trinajstić information content (AvgIpc) is 3.25. The van der Waals surface area contributed by atoms with Crippen LogP contribution in [0, 0.1) is 0 Å². The Balaban J connectivity index is 1.27. The molecule has 0 unspecified atom stereocenters. The maximum absolute atomic E-state index is 12.7. The lowest BCUT2D eigenvalue weighted by Crippen LogP contribution is -2.57. The third-order valence-corrected chi connectivity index (χ3v) is 8.28. The standard InChI is InChI=1S/C26H34N8O/c1-25(2)17-33(12-11-32(25)3)19-7-8-21(27-15-19)30-24-28-14-18-13-20-23(35)29-16-26(9-5-4-6-10-26)34(20)22(18)31-24/h7-8,13-15H,4-6,9-12,16-17H2,1-3H3,(H,29,35)(H,27,28,30,31). The second-order valence-corrected chi connectivity index (χ2v) is 11.0. The zero-order chi connectivity index (χ0) is 24.2. The number of hydrogen-bond acceptors (Lipinski definition) is 7. The Hall–Kier alpha value is -3.20. The van der Waals surface area contributed by atoms with E-state index in [2.05, 4.69) is 61.9 Å². The number of piperazine rings is 1. The maximum atomic E-state index is 12.7. The van der Waals surface area contributed by atoms with Crippen molar-refractivity contribution in [3.63, 3.8) is 0 Å². The van der Waals surface area contributed by atoms with Crippen LogP contribution >= 0.6 is 0 Å². The molecule has 1 saturated carbocycles. The van der Waals surface area contributed by atoms with Crippen molar-refractivity contribution in [3.05, 3.63) is 36.3 Å². The highest BCUT2D eigenvalue weighted by Crippen LogP contribution is 2.40. The molecule has 3 aliphatic rings. The summed E-state index contributed by atoms with van der Waals surface area (Å²) >= 11 is 0. The first-order chi connectivity index (χ1) is 16.8. The molecule has 3 aromatic rings. The Morgan fingerprint density at radius 2 is 1.89 bits per heavy atom. The molecule has 3 aromatic heterocycles. The molecule has 2 fully saturated rings. The first-order valence-corrected chi connectivity index (χ1v) is 12.7. The zero-order valence-corrected chi connectivity index (χ0v) is 20.8. The van der Waals surface area contributed by atoms with Gasteiger partial charge in [0.2, 0.25) is 5.95 Å². The van der Waals surface area contributed by atoms with Gasteiger partial charge in [-0.2, -0.15) is 4.98 Å². The molecule has 5 heterocycles. The first-order valence-electron chi connectivity index (χ1n) is 12.7. The molecular formula is C26H34N8O. The third-order valence-electron chi connectivity index (χ3n) is 8.28. The van der Waals surface area contributed by atoms with Gasteiger partial charge in [0.25, 0.3) is 5.91 Å². The molecule has 0 atom stereocenters. The number of amides is 1. The Labute approximate surface area is 205 Å². The van der Waals surface area contributed by atoms with E-state index in [4.69, 9.17) is 4.98 Å². The molecule has 184 valence electrons. The summed E-state index contributed by atoms with van der Waals surface area (Å²) in [5.41, 5.74) is 2.67. The van der Waals surface area contributed by atoms with Gasteiger partial charge in [0.15, 0.2) is 0 Å². The van der Waals surface area contributed by atoms with Crippen LogP contribution in [-0.4, -0.2) is 69.1 Å². The van der Waals surface area contributed by atoms with Crippen molar-refractivity contribution in [1.82, 2.24) is 29.7 Å². The summed E-state index contributed by atoms with van der Waals surface area (Å²) in [5, 5.41) is 7.29. The van der Waals surface area contributed by atoms with Crippen LogP contribution < -0.4 is 15.5 Å². The van der Waals surface area contributed by atoms with Gasteiger partial charge in [0.05, 0.1) is 17.4 Å². The van der Waals surface area contributed by atoms with Crippen molar-refractivity contribution in [2.75, 3.05) is 43.4 Å². The molecule has 1 aliphatic carbocycles. The number of pyridine rings is 1. The van der Waals surface area contributed by atoms with Crippen molar-refractivity contribution < 1.29 is 4.79 Å². The summed E-state index contributed by atoms with van der Waals surface area (Å²) in [6.07, 6.45) is 9.44. The highest BCUT2D eigenvalue weighted by atomic mass is 16.2. The second-order valence-electron chi connectivity index (χ2n) is 11.0. The smallest absolute Gasteiger partial charge is 0.268 e. The fraction of sp³-hybridized carbons (Fsp3) is 0.538. The van der Waals surface area contributed by atoms with Gasteiger partial charge in [0.1, 0.15) is 17.2 Å². The SMILES string of the molecule is CN1CCN(c2ccc(Nc3ncc4cc5n(c4n3)C3(CCCCC3)CNC5=O)nc2)CC1(C)C. The number of carbonyl (C=O) groups is 1. The molecule has 0 radical (unpaired) electrons. The van der Waals surface area contributed by atoms with Gasteiger partial charge in [-0.3, -0.25) is 9.69 Å². The van der Waals surface area contributed by atoms with Gasteiger partial charge in [-0.15, -0.1) is 0 Å². The number of rotatable bonds is 3. The monoisotopic (exact) mass is 474 g/mol. The quantitative estimate of drug-likeness (QED) is 0.600. The van der Waals surface area contributed by atoms with E-state index in [-0.39, 0.29) is 17.0 Å². The van der Waals surface area contributed by atoms with E-state index in [1.165, 1.54) is 19.3 Å². The summed E-state index contributed by atoms with van der Waals surface area (Å²) in [6, 6.07) is 6.02. The van der Waals surface area contributed by atoms with Crippen LogP contribution in [-0.2, 0) is 5.54 Å². The predicted molar refractivity (Wildman–Crippen MR) is 137 cm³/mol. The minimum absolute atomic E-state index is 0.0296. The second kappa shape index (κ2) is 8.19. The number of carbonyl (C=O) groups excluding carboxylic acids is 1. The maximum Gasteiger partial charge on any atom is 0.268 e. The molecule has 9 heteroatoms. The number of aromatic nitrogens is 4. The van der Waals surface area contributed by atoms with Crippen LogP contribution in [0.25, 0.3) is 11.0 Å². The molecule has 2 aliphatic heterocycles. The van der Waals surface area contributed by atoms with E-state index in [0.29, 0.717) is 24.0 Å². The number of nitrogens with zero attached hydrogens (tertiary/aromatic N) is 6. The molecule has 1 saturated heterocycles. The highest BCUT2D eigenvalue weighted by Gasteiger charge is 2.41. The van der Waals surface area contributed by atoms with Gasteiger partial charge < -0.3 is 20.1 Å². The molecule has 1 spiro atoms. The van der Waals surface area contributed by atoms with Crippen molar-refractivity contribution in [1.29, 1.82) is 0 Å². The van der Waals surface area contributed by atoms with Crippen LogP contribution in [0.15, 0.2) is 30.6 Å².